The van der Waals surface area contributed by atoms with Crippen molar-refractivity contribution in [2.75, 3.05) is 5.75 Å². The van der Waals surface area contributed by atoms with E-state index in [1.54, 1.807) is 0 Å². The van der Waals surface area contributed by atoms with Crippen molar-refractivity contribution < 1.29 is 14.7 Å². The molecule has 2 unspecified atom stereocenters. The molecule has 1 rings (SSSR count). The van der Waals surface area contributed by atoms with Crippen molar-refractivity contribution in [3.8, 4) is 0 Å². The van der Waals surface area contributed by atoms with E-state index in [4.69, 9.17) is 5.11 Å². The van der Waals surface area contributed by atoms with Crippen LogP contribution in [0.2, 0.25) is 0 Å². The van der Waals surface area contributed by atoms with Crippen LogP contribution in [0, 0.1) is 5.92 Å². The van der Waals surface area contributed by atoms with Crippen molar-refractivity contribution in [2.45, 2.75) is 32.1 Å². The van der Waals surface area contributed by atoms with Crippen LogP contribution in [0.1, 0.15) is 32.4 Å². The molecule has 0 bridgehead atoms. The van der Waals surface area contributed by atoms with Gasteiger partial charge in [0.2, 0.25) is 5.91 Å². The number of nitrogens with one attached hydrogen (secondary N) is 1. The summed E-state index contributed by atoms with van der Waals surface area (Å²) in [6, 6.07) is 9.59. The van der Waals surface area contributed by atoms with E-state index in [1.807, 2.05) is 51.1 Å². The van der Waals surface area contributed by atoms with E-state index in [0.29, 0.717) is 0 Å². The molecule has 0 heterocycles. The molecule has 0 aliphatic rings. The van der Waals surface area contributed by atoms with Gasteiger partial charge in [0, 0.05) is 0 Å². The number of thioether (sulfide) groups is 1. The van der Waals surface area contributed by atoms with Gasteiger partial charge in [0.25, 0.3) is 0 Å². The molecule has 0 radical (unpaired) electrons. The van der Waals surface area contributed by atoms with Crippen LogP contribution in [0.15, 0.2) is 30.3 Å². The van der Waals surface area contributed by atoms with Gasteiger partial charge in [0.15, 0.2) is 0 Å². The van der Waals surface area contributed by atoms with Crippen molar-refractivity contribution >= 4 is 23.6 Å². The van der Waals surface area contributed by atoms with E-state index < -0.39 is 11.2 Å². The topological polar surface area (TPSA) is 66.4 Å². The number of carboxylic acids is 1. The molecule has 20 heavy (non-hydrogen) atoms. The number of hydrogen-bond acceptors (Lipinski definition) is 3. The predicted octanol–water partition coefficient (Wildman–Crippen LogP) is 2.71. The van der Waals surface area contributed by atoms with Crippen LogP contribution < -0.4 is 5.32 Å². The zero-order valence-corrected chi connectivity index (χ0v) is 12.8. The molecule has 1 amide bonds. The van der Waals surface area contributed by atoms with Crippen molar-refractivity contribution in [3.63, 3.8) is 0 Å². The minimum Gasteiger partial charge on any atom is -0.480 e. The van der Waals surface area contributed by atoms with Gasteiger partial charge < -0.3 is 10.4 Å². The third kappa shape index (κ3) is 5.25. The number of carboxylic acid groups (broad SMARTS) is 1. The standard InChI is InChI=1S/C15H21NO3S/c1-10(2)14(15(18)19)20-9-13(17)16-11(3)12-7-5-4-6-8-12/h4-8,10-11,14H,9H2,1-3H3,(H,16,17)(H,18,19). The van der Waals surface area contributed by atoms with E-state index in [9.17, 15) is 9.59 Å². The molecule has 1 aromatic carbocycles. The number of carbonyl (C=O) groups is 2. The zero-order valence-electron chi connectivity index (χ0n) is 12.0. The summed E-state index contributed by atoms with van der Waals surface area (Å²) in [6.45, 7) is 5.60. The molecule has 0 aliphatic carbocycles. The molecule has 2 atom stereocenters. The second kappa shape index (κ2) is 7.94. The summed E-state index contributed by atoms with van der Waals surface area (Å²) in [7, 11) is 0. The first-order valence-electron chi connectivity index (χ1n) is 6.60. The first kappa shape index (κ1) is 16.6. The average Bonchev–Trinajstić information content (AvgIpc) is 2.39. The van der Waals surface area contributed by atoms with Gasteiger partial charge in [0.1, 0.15) is 5.25 Å². The summed E-state index contributed by atoms with van der Waals surface area (Å²) in [5.74, 6) is -0.851. The summed E-state index contributed by atoms with van der Waals surface area (Å²) in [6.07, 6.45) is 0. The van der Waals surface area contributed by atoms with Crippen molar-refractivity contribution in [2.24, 2.45) is 5.92 Å². The Morgan fingerprint density at radius 1 is 1.20 bits per heavy atom. The Morgan fingerprint density at radius 2 is 1.80 bits per heavy atom. The Bertz CT molecular complexity index is 448. The Labute approximate surface area is 124 Å². The fourth-order valence-electron chi connectivity index (χ4n) is 1.82. The second-order valence-electron chi connectivity index (χ2n) is 5.01. The molecule has 5 heteroatoms. The predicted molar refractivity (Wildman–Crippen MR) is 81.7 cm³/mol. The Balaban J connectivity index is 2.46. The van der Waals surface area contributed by atoms with Crippen molar-refractivity contribution in [1.82, 2.24) is 5.32 Å². The molecule has 0 spiro atoms. The first-order chi connectivity index (χ1) is 9.41. The molecule has 110 valence electrons. The number of rotatable bonds is 7. The van der Waals surface area contributed by atoms with Crippen molar-refractivity contribution in [3.05, 3.63) is 35.9 Å². The maximum atomic E-state index is 11.9. The van der Waals surface area contributed by atoms with Gasteiger partial charge in [-0.15, -0.1) is 11.8 Å². The van der Waals surface area contributed by atoms with Gasteiger partial charge in [-0.2, -0.15) is 0 Å². The fourth-order valence-corrected chi connectivity index (χ4v) is 2.76. The number of benzene rings is 1. The largest absolute Gasteiger partial charge is 0.480 e. The van der Waals surface area contributed by atoms with E-state index in [1.165, 1.54) is 11.8 Å². The average molecular weight is 295 g/mol. The fraction of sp³-hybridized carbons (Fsp3) is 0.467. The van der Waals surface area contributed by atoms with Crippen LogP contribution in [-0.2, 0) is 9.59 Å². The monoisotopic (exact) mass is 295 g/mol. The minimum atomic E-state index is -0.867. The molecule has 0 saturated heterocycles. The van der Waals surface area contributed by atoms with Crippen LogP contribution in [0.25, 0.3) is 0 Å². The lowest BCUT2D eigenvalue weighted by molar-refractivity contribution is -0.137. The highest BCUT2D eigenvalue weighted by Gasteiger charge is 2.23. The van der Waals surface area contributed by atoms with Gasteiger partial charge in [-0.1, -0.05) is 44.2 Å². The van der Waals surface area contributed by atoms with Gasteiger partial charge in [-0.25, -0.2) is 0 Å². The van der Waals surface area contributed by atoms with Crippen molar-refractivity contribution in [1.29, 1.82) is 0 Å². The second-order valence-corrected chi connectivity index (χ2v) is 6.14. The highest BCUT2D eigenvalue weighted by Crippen LogP contribution is 2.20. The molecule has 4 nitrogen and oxygen atoms in total. The van der Waals surface area contributed by atoms with Crippen LogP contribution in [0.4, 0.5) is 0 Å². The smallest absolute Gasteiger partial charge is 0.316 e. The maximum Gasteiger partial charge on any atom is 0.316 e. The van der Waals surface area contributed by atoms with E-state index in [0.717, 1.165) is 5.56 Å². The quantitative estimate of drug-likeness (QED) is 0.811. The van der Waals surface area contributed by atoms with Gasteiger partial charge in [0.05, 0.1) is 11.8 Å². The molecular formula is C15H21NO3S. The highest BCUT2D eigenvalue weighted by molar-refractivity contribution is 8.01. The minimum absolute atomic E-state index is 0.00292. The highest BCUT2D eigenvalue weighted by atomic mass is 32.2. The molecule has 0 aromatic heterocycles. The summed E-state index contributed by atoms with van der Waals surface area (Å²) in [4.78, 5) is 22.9. The Morgan fingerprint density at radius 3 is 2.30 bits per heavy atom. The number of amides is 1. The third-order valence-corrected chi connectivity index (χ3v) is 4.45. The van der Waals surface area contributed by atoms with Crippen LogP contribution in [-0.4, -0.2) is 28.0 Å². The normalized spacial score (nSPS) is 13.8. The van der Waals surface area contributed by atoms with Crippen LogP contribution in [0.5, 0.6) is 0 Å². The van der Waals surface area contributed by atoms with Gasteiger partial charge in [-0.3, -0.25) is 9.59 Å². The number of aliphatic carboxylic acids is 1. The lowest BCUT2D eigenvalue weighted by atomic mass is 10.1. The van der Waals surface area contributed by atoms with E-state index >= 15 is 0 Å². The summed E-state index contributed by atoms with van der Waals surface area (Å²) < 4.78 is 0. The molecule has 0 saturated carbocycles. The Hall–Kier alpha value is -1.49. The number of carbonyl (C=O) groups excluding carboxylic acids is 1. The molecule has 2 N–H and O–H groups in total. The summed E-state index contributed by atoms with van der Waals surface area (Å²) in [5.41, 5.74) is 1.03. The molecule has 0 fully saturated rings. The van der Waals surface area contributed by atoms with Crippen LogP contribution >= 0.6 is 11.8 Å². The maximum absolute atomic E-state index is 11.9. The zero-order chi connectivity index (χ0) is 15.1. The van der Waals surface area contributed by atoms with Gasteiger partial charge >= 0.3 is 5.97 Å². The SMILES string of the molecule is CC(NC(=O)CSC(C(=O)O)C(C)C)c1ccccc1. The van der Waals surface area contributed by atoms with E-state index in [-0.39, 0.29) is 23.6 Å². The van der Waals surface area contributed by atoms with E-state index in [2.05, 4.69) is 5.32 Å². The summed E-state index contributed by atoms with van der Waals surface area (Å²) in [5, 5.41) is 11.4. The Kier molecular flexibility index (Phi) is 6.58. The third-order valence-electron chi connectivity index (χ3n) is 2.92. The number of hydrogen-bond donors (Lipinski definition) is 2. The lowest BCUT2D eigenvalue weighted by Gasteiger charge is -2.17. The van der Waals surface area contributed by atoms with Gasteiger partial charge in [-0.05, 0) is 18.4 Å². The molecular weight excluding hydrogens is 274 g/mol. The van der Waals surface area contributed by atoms with Crippen LogP contribution in [0.3, 0.4) is 0 Å². The lowest BCUT2D eigenvalue weighted by Crippen LogP contribution is -2.31. The molecule has 1 aromatic rings. The molecule has 0 aliphatic heterocycles. The first-order valence-corrected chi connectivity index (χ1v) is 7.65. The summed E-state index contributed by atoms with van der Waals surface area (Å²) >= 11 is 1.17.